The summed E-state index contributed by atoms with van der Waals surface area (Å²) in [5.41, 5.74) is -1.49. The first-order chi connectivity index (χ1) is 10.9. The summed E-state index contributed by atoms with van der Waals surface area (Å²) in [5, 5.41) is 2.80. The minimum Gasteiger partial charge on any atom is -0.308 e. The molecule has 0 aromatic carbocycles. The van der Waals surface area contributed by atoms with Crippen LogP contribution in [0.4, 0.5) is 26.3 Å². The van der Waals surface area contributed by atoms with Gasteiger partial charge < -0.3 is 20.0 Å². The van der Waals surface area contributed by atoms with Crippen molar-refractivity contribution >= 4 is 7.82 Å². The van der Waals surface area contributed by atoms with Crippen molar-refractivity contribution in [3.8, 4) is 0 Å². The first-order valence-electron chi connectivity index (χ1n) is 7.63. The summed E-state index contributed by atoms with van der Waals surface area (Å²) < 4.78 is 85.3. The monoisotopic (exact) mass is 403 g/mol. The van der Waals surface area contributed by atoms with Gasteiger partial charge in [0.1, 0.15) is 0 Å². The second-order valence-corrected chi connectivity index (χ2v) is 7.55. The molecule has 2 unspecified atom stereocenters. The highest BCUT2D eigenvalue weighted by atomic mass is 31.2. The van der Waals surface area contributed by atoms with E-state index in [2.05, 4.69) is 5.32 Å². The number of rotatable bonds is 4. The fourth-order valence-corrected chi connectivity index (χ4v) is 3.29. The van der Waals surface area contributed by atoms with Crippen LogP contribution in [0.2, 0.25) is 0 Å². The van der Waals surface area contributed by atoms with E-state index >= 15 is 0 Å². The molecule has 1 fully saturated rings. The fraction of sp³-hybridized carbons (Fsp3) is 1.00. The second-order valence-electron chi connectivity index (χ2n) is 6.52. The van der Waals surface area contributed by atoms with Crippen LogP contribution < -0.4 is 5.32 Å². The first-order valence-corrected chi connectivity index (χ1v) is 9.19. The van der Waals surface area contributed by atoms with Crippen molar-refractivity contribution in [2.75, 3.05) is 0 Å². The molecular formula is C13H24F6NO4P. The minimum absolute atomic E-state index is 0.144. The molecule has 0 radical (unpaired) electrons. The standard InChI is InChI=1S/C13H21F6N.H3O4P/c1-9(2)20-11(8-13(17,18)19)6-4-3-5-10(11)7-12(14,15)16;1-5(2,3)4/h9-10,20H,3-8H2,1-2H3;(H3,1,2,3,4). The Hall–Kier alpha value is -0.350. The van der Waals surface area contributed by atoms with Crippen LogP contribution in [0.1, 0.15) is 52.4 Å². The Labute approximate surface area is 142 Å². The Balaban J connectivity index is 0.00000101. The third kappa shape index (κ3) is 12.6. The third-order valence-electron chi connectivity index (χ3n) is 3.78. The van der Waals surface area contributed by atoms with E-state index in [0.717, 1.165) is 0 Å². The Morgan fingerprint density at radius 2 is 1.56 bits per heavy atom. The topological polar surface area (TPSA) is 89.8 Å². The van der Waals surface area contributed by atoms with Gasteiger partial charge in [-0.15, -0.1) is 0 Å². The van der Waals surface area contributed by atoms with Gasteiger partial charge in [0.05, 0.1) is 6.42 Å². The molecule has 0 bridgehead atoms. The maximum atomic E-state index is 12.8. The molecule has 0 spiro atoms. The molecule has 1 aliphatic rings. The summed E-state index contributed by atoms with van der Waals surface area (Å²) in [5.74, 6) is -1.01. The molecule has 1 aliphatic carbocycles. The van der Waals surface area contributed by atoms with Gasteiger partial charge in [-0.25, -0.2) is 4.57 Å². The van der Waals surface area contributed by atoms with Gasteiger partial charge in [0.15, 0.2) is 0 Å². The number of alkyl halides is 6. The van der Waals surface area contributed by atoms with Gasteiger partial charge in [0, 0.05) is 18.0 Å². The van der Waals surface area contributed by atoms with E-state index in [-0.39, 0.29) is 18.9 Å². The van der Waals surface area contributed by atoms with Crippen LogP contribution in [-0.4, -0.2) is 38.6 Å². The van der Waals surface area contributed by atoms with Crippen LogP contribution in [0, 0.1) is 5.92 Å². The number of phosphoric acid groups is 1. The summed E-state index contributed by atoms with van der Waals surface area (Å²) in [6, 6.07) is -0.286. The SMILES string of the molecule is CC(C)NC1(CC(F)(F)F)CCCCC1CC(F)(F)F.O=P(O)(O)O. The molecule has 0 saturated heterocycles. The molecule has 25 heavy (non-hydrogen) atoms. The van der Waals surface area contributed by atoms with Gasteiger partial charge in [-0.05, 0) is 18.8 Å². The molecule has 0 amide bonds. The van der Waals surface area contributed by atoms with Crippen molar-refractivity contribution in [3.63, 3.8) is 0 Å². The van der Waals surface area contributed by atoms with E-state index in [9.17, 15) is 26.3 Å². The number of hydrogen-bond donors (Lipinski definition) is 4. The zero-order chi connectivity index (χ0) is 20.1. The molecule has 1 rings (SSSR count). The average Bonchev–Trinajstić information content (AvgIpc) is 2.25. The average molecular weight is 403 g/mol. The molecule has 152 valence electrons. The van der Waals surface area contributed by atoms with Gasteiger partial charge >= 0.3 is 20.2 Å². The van der Waals surface area contributed by atoms with Crippen molar-refractivity contribution in [3.05, 3.63) is 0 Å². The quantitative estimate of drug-likeness (QED) is 0.423. The zero-order valence-electron chi connectivity index (χ0n) is 13.9. The van der Waals surface area contributed by atoms with Crippen LogP contribution in [-0.2, 0) is 4.57 Å². The molecule has 0 aromatic rings. The number of nitrogens with one attached hydrogen (secondary N) is 1. The Bertz CT molecular complexity index is 443. The maximum Gasteiger partial charge on any atom is 0.466 e. The molecule has 0 aromatic heterocycles. The van der Waals surface area contributed by atoms with Crippen molar-refractivity contribution < 1.29 is 45.6 Å². The lowest BCUT2D eigenvalue weighted by Crippen LogP contribution is -2.58. The van der Waals surface area contributed by atoms with Crippen LogP contribution in [0.5, 0.6) is 0 Å². The van der Waals surface area contributed by atoms with Crippen molar-refractivity contribution in [2.45, 2.75) is 76.3 Å². The molecule has 4 N–H and O–H groups in total. The Morgan fingerprint density at radius 3 is 1.92 bits per heavy atom. The molecule has 2 atom stereocenters. The van der Waals surface area contributed by atoms with Gasteiger partial charge in [0.25, 0.3) is 0 Å². The van der Waals surface area contributed by atoms with Crippen molar-refractivity contribution in [2.24, 2.45) is 5.92 Å². The van der Waals surface area contributed by atoms with E-state index in [4.69, 9.17) is 19.2 Å². The lowest BCUT2D eigenvalue weighted by atomic mass is 9.68. The highest BCUT2D eigenvalue weighted by Crippen LogP contribution is 2.46. The fourth-order valence-electron chi connectivity index (χ4n) is 3.29. The van der Waals surface area contributed by atoms with Crippen LogP contribution in [0.15, 0.2) is 0 Å². The molecule has 0 aliphatic heterocycles. The van der Waals surface area contributed by atoms with E-state index in [1.165, 1.54) is 0 Å². The summed E-state index contributed by atoms with van der Waals surface area (Å²) in [6.07, 6.45) is -9.83. The van der Waals surface area contributed by atoms with Gasteiger partial charge in [-0.2, -0.15) is 26.3 Å². The second kappa shape index (κ2) is 9.03. The van der Waals surface area contributed by atoms with Crippen molar-refractivity contribution in [1.82, 2.24) is 5.32 Å². The predicted octanol–water partition coefficient (Wildman–Crippen LogP) is 3.89. The summed E-state index contributed by atoms with van der Waals surface area (Å²) in [7, 11) is -4.64. The smallest absolute Gasteiger partial charge is 0.308 e. The largest absolute Gasteiger partial charge is 0.466 e. The normalized spacial score (nSPS) is 25.5. The summed E-state index contributed by atoms with van der Waals surface area (Å²) in [6.45, 7) is 3.33. The van der Waals surface area contributed by atoms with Gasteiger partial charge in [0.2, 0.25) is 0 Å². The Morgan fingerprint density at radius 1 is 1.08 bits per heavy atom. The first kappa shape index (κ1) is 24.7. The molecule has 5 nitrogen and oxygen atoms in total. The zero-order valence-corrected chi connectivity index (χ0v) is 14.8. The number of halogens is 6. The Kier molecular flexibility index (Phi) is 8.91. The lowest BCUT2D eigenvalue weighted by molar-refractivity contribution is -0.181. The minimum atomic E-state index is -4.64. The summed E-state index contributed by atoms with van der Waals surface area (Å²) >= 11 is 0. The molecule has 0 heterocycles. The predicted molar refractivity (Wildman–Crippen MR) is 78.6 cm³/mol. The lowest BCUT2D eigenvalue weighted by Gasteiger charge is -2.47. The van der Waals surface area contributed by atoms with E-state index in [1.807, 2.05) is 0 Å². The van der Waals surface area contributed by atoms with Crippen LogP contribution >= 0.6 is 7.82 Å². The third-order valence-corrected chi connectivity index (χ3v) is 3.78. The van der Waals surface area contributed by atoms with E-state index < -0.39 is 44.5 Å². The van der Waals surface area contributed by atoms with Gasteiger partial charge in [-0.1, -0.05) is 26.7 Å². The van der Waals surface area contributed by atoms with E-state index in [1.54, 1.807) is 13.8 Å². The van der Waals surface area contributed by atoms with Crippen LogP contribution in [0.3, 0.4) is 0 Å². The number of hydrogen-bond acceptors (Lipinski definition) is 2. The maximum absolute atomic E-state index is 12.8. The van der Waals surface area contributed by atoms with Crippen LogP contribution in [0.25, 0.3) is 0 Å². The molecule has 12 heteroatoms. The highest BCUT2D eigenvalue weighted by Gasteiger charge is 2.51. The summed E-state index contributed by atoms with van der Waals surface area (Å²) in [4.78, 5) is 21.6. The molecular weight excluding hydrogens is 379 g/mol. The van der Waals surface area contributed by atoms with Crippen molar-refractivity contribution in [1.29, 1.82) is 0 Å². The highest BCUT2D eigenvalue weighted by molar-refractivity contribution is 7.45. The molecule has 1 saturated carbocycles. The van der Waals surface area contributed by atoms with Gasteiger partial charge in [-0.3, -0.25) is 0 Å². The van der Waals surface area contributed by atoms with E-state index in [0.29, 0.717) is 12.8 Å².